The fraction of sp³-hybridized carbons (Fsp3) is 0.467. The summed E-state index contributed by atoms with van der Waals surface area (Å²) in [7, 11) is 0. The van der Waals surface area contributed by atoms with Crippen molar-refractivity contribution in [1.82, 2.24) is 5.32 Å². The van der Waals surface area contributed by atoms with Crippen molar-refractivity contribution in [2.24, 2.45) is 5.41 Å². The first-order chi connectivity index (χ1) is 9.84. The molecular formula is C15H19BrN2O3. The minimum Gasteiger partial charge on any atom is -0.481 e. The molecule has 0 aromatic heterocycles. The van der Waals surface area contributed by atoms with Crippen LogP contribution in [0.1, 0.15) is 31.7 Å². The van der Waals surface area contributed by atoms with E-state index in [1.54, 1.807) is 13.0 Å². The van der Waals surface area contributed by atoms with Crippen molar-refractivity contribution in [3.8, 4) is 0 Å². The highest BCUT2D eigenvalue weighted by Gasteiger charge is 2.45. The number of carboxylic acid groups (broad SMARTS) is 1. The molecule has 1 aromatic carbocycles. The second kappa shape index (κ2) is 6.05. The minimum atomic E-state index is -0.888. The van der Waals surface area contributed by atoms with Gasteiger partial charge in [-0.15, -0.1) is 0 Å². The van der Waals surface area contributed by atoms with Crippen LogP contribution in [0, 0.1) is 12.3 Å². The summed E-state index contributed by atoms with van der Waals surface area (Å²) in [5.41, 5.74) is 0.799. The van der Waals surface area contributed by atoms with Gasteiger partial charge in [-0.25, -0.2) is 4.79 Å². The van der Waals surface area contributed by atoms with E-state index in [9.17, 15) is 14.7 Å². The summed E-state index contributed by atoms with van der Waals surface area (Å²) in [5.74, 6) is -0.859. The number of rotatable bonds is 3. The van der Waals surface area contributed by atoms with Gasteiger partial charge in [-0.05, 0) is 54.2 Å². The van der Waals surface area contributed by atoms with E-state index in [2.05, 4.69) is 26.6 Å². The average molecular weight is 355 g/mol. The van der Waals surface area contributed by atoms with E-state index in [-0.39, 0.29) is 12.1 Å². The van der Waals surface area contributed by atoms with Crippen LogP contribution in [0.25, 0.3) is 0 Å². The number of amides is 2. The van der Waals surface area contributed by atoms with Crippen LogP contribution in [0.2, 0.25) is 0 Å². The number of nitrogens with one attached hydrogen (secondary N) is 2. The first-order valence-corrected chi connectivity index (χ1v) is 7.70. The van der Waals surface area contributed by atoms with E-state index in [4.69, 9.17) is 0 Å². The number of aryl methyl sites for hydroxylation is 1. The Morgan fingerprint density at radius 2 is 2.14 bits per heavy atom. The van der Waals surface area contributed by atoms with Gasteiger partial charge in [0.25, 0.3) is 0 Å². The molecule has 0 heterocycles. The van der Waals surface area contributed by atoms with Crippen LogP contribution in [0.5, 0.6) is 0 Å². The summed E-state index contributed by atoms with van der Waals surface area (Å²) >= 11 is 3.43. The SMILES string of the molecule is Cc1cccc(NC(=O)NC2CCCC2(C)C(=O)O)c1Br. The zero-order chi connectivity index (χ0) is 15.6. The van der Waals surface area contributed by atoms with Crippen molar-refractivity contribution in [2.45, 2.75) is 39.2 Å². The number of anilines is 1. The molecule has 1 aromatic rings. The summed E-state index contributed by atoms with van der Waals surface area (Å²) in [6.45, 7) is 3.63. The Hall–Kier alpha value is -1.56. The van der Waals surface area contributed by atoms with Gasteiger partial charge in [0.1, 0.15) is 0 Å². The van der Waals surface area contributed by atoms with Crippen molar-refractivity contribution >= 4 is 33.6 Å². The third kappa shape index (κ3) is 3.20. The van der Waals surface area contributed by atoms with Crippen LogP contribution in [0.3, 0.4) is 0 Å². The van der Waals surface area contributed by atoms with Crippen LogP contribution in [-0.2, 0) is 4.79 Å². The van der Waals surface area contributed by atoms with Crippen molar-refractivity contribution in [1.29, 1.82) is 0 Å². The number of halogens is 1. The maximum Gasteiger partial charge on any atom is 0.319 e. The average Bonchev–Trinajstić information content (AvgIpc) is 2.78. The molecule has 0 radical (unpaired) electrons. The summed E-state index contributed by atoms with van der Waals surface area (Å²) in [4.78, 5) is 23.5. The Bertz CT molecular complexity index is 576. The Kier molecular flexibility index (Phi) is 4.56. The van der Waals surface area contributed by atoms with Gasteiger partial charge in [-0.3, -0.25) is 4.79 Å². The monoisotopic (exact) mass is 354 g/mol. The second-order valence-corrected chi connectivity index (χ2v) is 6.50. The molecular weight excluding hydrogens is 336 g/mol. The molecule has 0 saturated heterocycles. The van der Waals surface area contributed by atoms with Gasteiger partial charge in [0.05, 0.1) is 11.1 Å². The van der Waals surface area contributed by atoms with Gasteiger partial charge in [-0.2, -0.15) is 0 Å². The van der Waals surface area contributed by atoms with E-state index >= 15 is 0 Å². The summed E-state index contributed by atoms with van der Waals surface area (Å²) in [6, 6.07) is 4.86. The molecule has 0 bridgehead atoms. The van der Waals surface area contributed by atoms with Gasteiger partial charge in [0, 0.05) is 10.5 Å². The molecule has 2 amide bonds. The largest absolute Gasteiger partial charge is 0.481 e. The molecule has 1 aliphatic carbocycles. The quantitative estimate of drug-likeness (QED) is 0.776. The number of urea groups is 1. The molecule has 2 rings (SSSR count). The second-order valence-electron chi connectivity index (χ2n) is 5.70. The molecule has 114 valence electrons. The predicted octanol–water partition coefficient (Wildman–Crippen LogP) is 3.52. The normalized spacial score (nSPS) is 24.6. The van der Waals surface area contributed by atoms with Crippen molar-refractivity contribution in [3.63, 3.8) is 0 Å². The molecule has 2 unspecified atom stereocenters. The van der Waals surface area contributed by atoms with Crippen molar-refractivity contribution in [3.05, 3.63) is 28.2 Å². The molecule has 6 heteroatoms. The molecule has 1 aliphatic rings. The van der Waals surface area contributed by atoms with E-state index < -0.39 is 11.4 Å². The van der Waals surface area contributed by atoms with E-state index in [1.165, 1.54) is 0 Å². The molecule has 1 fully saturated rings. The van der Waals surface area contributed by atoms with Crippen molar-refractivity contribution < 1.29 is 14.7 Å². The van der Waals surface area contributed by atoms with Gasteiger partial charge >= 0.3 is 12.0 Å². The molecule has 21 heavy (non-hydrogen) atoms. The van der Waals surface area contributed by atoms with E-state index in [0.717, 1.165) is 16.5 Å². The van der Waals surface area contributed by atoms with Crippen molar-refractivity contribution in [2.75, 3.05) is 5.32 Å². The highest BCUT2D eigenvalue weighted by molar-refractivity contribution is 9.10. The molecule has 0 aliphatic heterocycles. The Morgan fingerprint density at radius 3 is 2.81 bits per heavy atom. The number of hydrogen-bond acceptors (Lipinski definition) is 2. The third-order valence-corrected chi connectivity index (χ3v) is 5.24. The van der Waals surface area contributed by atoms with E-state index in [0.29, 0.717) is 18.5 Å². The predicted molar refractivity (Wildman–Crippen MR) is 84.4 cm³/mol. The lowest BCUT2D eigenvalue weighted by Crippen LogP contribution is -2.48. The first-order valence-electron chi connectivity index (χ1n) is 6.90. The first kappa shape index (κ1) is 15.8. The third-order valence-electron chi connectivity index (χ3n) is 4.19. The van der Waals surface area contributed by atoms with Gasteiger partial charge < -0.3 is 15.7 Å². The summed E-state index contributed by atoms with van der Waals surface area (Å²) in [6.07, 6.45) is 2.08. The number of carboxylic acids is 1. The van der Waals surface area contributed by atoms with Crippen LogP contribution in [-0.4, -0.2) is 23.1 Å². The lowest BCUT2D eigenvalue weighted by atomic mass is 9.85. The number of hydrogen-bond donors (Lipinski definition) is 3. The number of benzene rings is 1. The minimum absolute atomic E-state index is 0.349. The lowest BCUT2D eigenvalue weighted by molar-refractivity contribution is -0.148. The fourth-order valence-electron chi connectivity index (χ4n) is 2.71. The molecule has 3 N–H and O–H groups in total. The van der Waals surface area contributed by atoms with Gasteiger partial charge in [-0.1, -0.05) is 18.6 Å². The maximum atomic E-state index is 12.1. The number of carbonyl (C=O) groups is 2. The Morgan fingerprint density at radius 1 is 1.43 bits per heavy atom. The molecule has 1 saturated carbocycles. The highest BCUT2D eigenvalue weighted by atomic mass is 79.9. The van der Waals surface area contributed by atoms with Gasteiger partial charge in [0.2, 0.25) is 0 Å². The molecule has 5 nitrogen and oxygen atoms in total. The van der Waals surface area contributed by atoms with Crippen LogP contribution in [0.15, 0.2) is 22.7 Å². The Balaban J connectivity index is 2.05. The zero-order valence-electron chi connectivity index (χ0n) is 12.1. The molecule has 0 spiro atoms. The van der Waals surface area contributed by atoms with Crippen LogP contribution >= 0.6 is 15.9 Å². The van der Waals surface area contributed by atoms with Crippen LogP contribution in [0.4, 0.5) is 10.5 Å². The Labute approximate surface area is 132 Å². The smallest absolute Gasteiger partial charge is 0.319 e. The molecule has 2 atom stereocenters. The van der Waals surface area contributed by atoms with Gasteiger partial charge in [0.15, 0.2) is 0 Å². The fourth-order valence-corrected chi connectivity index (χ4v) is 3.08. The number of aliphatic carboxylic acids is 1. The zero-order valence-corrected chi connectivity index (χ0v) is 13.7. The van der Waals surface area contributed by atoms with E-state index in [1.807, 2.05) is 19.1 Å². The summed E-state index contributed by atoms with van der Waals surface area (Å²) in [5, 5.41) is 14.9. The number of carbonyl (C=O) groups excluding carboxylic acids is 1. The summed E-state index contributed by atoms with van der Waals surface area (Å²) < 4.78 is 0.826. The topological polar surface area (TPSA) is 78.4 Å². The highest BCUT2D eigenvalue weighted by Crippen LogP contribution is 2.38. The lowest BCUT2D eigenvalue weighted by Gasteiger charge is -2.27. The maximum absolute atomic E-state index is 12.1. The van der Waals surface area contributed by atoms with Crippen LogP contribution < -0.4 is 10.6 Å². The standard InChI is InChI=1S/C15H19BrN2O3/c1-9-5-3-6-10(12(9)16)17-14(21)18-11-7-4-8-15(11,2)13(19)20/h3,5-6,11H,4,7-8H2,1-2H3,(H,19,20)(H2,17,18,21).